The standard InChI is InChI=1S/C10H10BrClO2/c1-5-2-9-6(3-8(5)12)10(13)7(11)4-14-9/h2-3,7,10,13H,4H2,1H3. The first kappa shape index (κ1) is 10.3. The molecule has 0 amide bonds. The summed E-state index contributed by atoms with van der Waals surface area (Å²) >= 11 is 9.33. The molecule has 0 bridgehead atoms. The van der Waals surface area contributed by atoms with Crippen LogP contribution in [0.25, 0.3) is 0 Å². The van der Waals surface area contributed by atoms with E-state index in [2.05, 4.69) is 15.9 Å². The molecule has 2 nitrogen and oxygen atoms in total. The molecule has 2 rings (SSSR count). The van der Waals surface area contributed by atoms with Crippen molar-refractivity contribution in [1.82, 2.24) is 0 Å². The molecule has 14 heavy (non-hydrogen) atoms. The molecule has 1 aromatic carbocycles. The monoisotopic (exact) mass is 276 g/mol. The molecule has 0 aromatic heterocycles. The Labute approximate surface area is 96.0 Å². The molecule has 76 valence electrons. The highest BCUT2D eigenvalue weighted by Crippen LogP contribution is 2.38. The number of benzene rings is 1. The van der Waals surface area contributed by atoms with Crippen LogP contribution in [-0.4, -0.2) is 16.5 Å². The second-order valence-corrected chi connectivity index (χ2v) is 4.99. The number of alkyl halides is 1. The summed E-state index contributed by atoms with van der Waals surface area (Å²) in [6.07, 6.45) is -0.545. The van der Waals surface area contributed by atoms with Gasteiger partial charge in [-0.25, -0.2) is 0 Å². The first-order chi connectivity index (χ1) is 6.59. The molecular formula is C10H10BrClO2. The van der Waals surface area contributed by atoms with Gasteiger partial charge in [0.25, 0.3) is 0 Å². The minimum Gasteiger partial charge on any atom is -0.492 e. The maximum absolute atomic E-state index is 9.86. The predicted octanol–water partition coefficient (Wildman–Crippen LogP) is 2.84. The summed E-state index contributed by atoms with van der Waals surface area (Å²) < 4.78 is 5.48. The first-order valence-corrected chi connectivity index (χ1v) is 5.64. The minimum absolute atomic E-state index is 0.0613. The molecule has 2 atom stereocenters. The van der Waals surface area contributed by atoms with Crippen LogP contribution in [0.15, 0.2) is 12.1 Å². The zero-order valence-electron chi connectivity index (χ0n) is 7.63. The third kappa shape index (κ3) is 1.64. The number of aryl methyl sites for hydroxylation is 1. The fraction of sp³-hybridized carbons (Fsp3) is 0.400. The molecule has 0 spiro atoms. The van der Waals surface area contributed by atoms with Crippen LogP contribution in [0.1, 0.15) is 17.2 Å². The molecule has 1 aliphatic heterocycles. The second kappa shape index (κ2) is 3.72. The largest absolute Gasteiger partial charge is 0.492 e. The number of hydrogen-bond acceptors (Lipinski definition) is 2. The third-order valence-corrected chi connectivity index (χ3v) is 3.52. The Morgan fingerprint density at radius 1 is 1.57 bits per heavy atom. The lowest BCUT2D eigenvalue weighted by Crippen LogP contribution is -2.25. The van der Waals surface area contributed by atoms with Gasteiger partial charge in [-0.15, -0.1) is 0 Å². The highest BCUT2D eigenvalue weighted by atomic mass is 79.9. The summed E-state index contributed by atoms with van der Waals surface area (Å²) in [5.74, 6) is 0.732. The maximum Gasteiger partial charge on any atom is 0.125 e. The van der Waals surface area contributed by atoms with Crippen molar-refractivity contribution in [2.75, 3.05) is 6.61 Å². The molecule has 0 aliphatic carbocycles. The van der Waals surface area contributed by atoms with Crippen molar-refractivity contribution in [3.05, 3.63) is 28.3 Å². The summed E-state index contributed by atoms with van der Waals surface area (Å²) in [5, 5.41) is 10.5. The highest BCUT2D eigenvalue weighted by molar-refractivity contribution is 9.09. The number of fused-ring (bicyclic) bond motifs is 1. The Balaban J connectivity index is 2.50. The fourth-order valence-electron chi connectivity index (χ4n) is 1.48. The van der Waals surface area contributed by atoms with E-state index in [1.54, 1.807) is 6.07 Å². The lowest BCUT2D eigenvalue weighted by Gasteiger charge is -2.27. The summed E-state index contributed by atoms with van der Waals surface area (Å²) in [6.45, 7) is 2.40. The lowest BCUT2D eigenvalue weighted by atomic mass is 10.0. The molecule has 1 N–H and O–H groups in total. The van der Waals surface area contributed by atoms with E-state index in [-0.39, 0.29) is 4.83 Å². The van der Waals surface area contributed by atoms with Crippen LogP contribution in [0.3, 0.4) is 0 Å². The minimum atomic E-state index is -0.545. The zero-order chi connectivity index (χ0) is 10.3. The molecule has 0 radical (unpaired) electrons. The van der Waals surface area contributed by atoms with Crippen molar-refractivity contribution in [3.63, 3.8) is 0 Å². The van der Waals surface area contributed by atoms with Gasteiger partial charge in [-0.2, -0.15) is 0 Å². The Morgan fingerprint density at radius 2 is 2.29 bits per heavy atom. The zero-order valence-corrected chi connectivity index (χ0v) is 9.97. The van der Waals surface area contributed by atoms with E-state index in [9.17, 15) is 5.11 Å². The van der Waals surface area contributed by atoms with E-state index in [0.29, 0.717) is 11.6 Å². The average Bonchev–Trinajstić information content (AvgIpc) is 2.15. The van der Waals surface area contributed by atoms with Crippen molar-refractivity contribution in [2.45, 2.75) is 17.9 Å². The normalized spacial score (nSPS) is 25.4. The van der Waals surface area contributed by atoms with Gasteiger partial charge in [-0.1, -0.05) is 27.5 Å². The number of ether oxygens (including phenoxy) is 1. The number of aliphatic hydroxyl groups is 1. The van der Waals surface area contributed by atoms with Crippen molar-refractivity contribution in [1.29, 1.82) is 0 Å². The second-order valence-electron chi connectivity index (χ2n) is 3.41. The van der Waals surface area contributed by atoms with E-state index in [1.165, 1.54) is 0 Å². The summed E-state index contributed by atoms with van der Waals surface area (Å²) in [6, 6.07) is 3.63. The number of aliphatic hydroxyl groups excluding tert-OH is 1. The first-order valence-electron chi connectivity index (χ1n) is 4.34. The molecule has 1 heterocycles. The van der Waals surface area contributed by atoms with E-state index in [0.717, 1.165) is 16.9 Å². The SMILES string of the molecule is Cc1cc2c(cc1Cl)C(O)C(Br)CO2. The Bertz CT molecular complexity index is 367. The molecule has 2 unspecified atom stereocenters. The average molecular weight is 278 g/mol. The molecule has 0 saturated carbocycles. The van der Waals surface area contributed by atoms with Crippen LogP contribution in [0.4, 0.5) is 0 Å². The smallest absolute Gasteiger partial charge is 0.125 e. The van der Waals surface area contributed by atoms with Gasteiger partial charge < -0.3 is 9.84 Å². The van der Waals surface area contributed by atoms with E-state index < -0.39 is 6.10 Å². The van der Waals surface area contributed by atoms with Gasteiger partial charge in [0, 0.05) is 10.6 Å². The third-order valence-electron chi connectivity index (χ3n) is 2.35. The molecule has 0 fully saturated rings. The van der Waals surface area contributed by atoms with Gasteiger partial charge in [-0.05, 0) is 24.6 Å². The van der Waals surface area contributed by atoms with Crippen LogP contribution < -0.4 is 4.74 Å². The van der Waals surface area contributed by atoms with Gasteiger partial charge >= 0.3 is 0 Å². The van der Waals surface area contributed by atoms with Crippen LogP contribution in [0.5, 0.6) is 5.75 Å². The predicted molar refractivity (Wildman–Crippen MR) is 59.4 cm³/mol. The van der Waals surface area contributed by atoms with Gasteiger partial charge in [-0.3, -0.25) is 0 Å². The summed E-state index contributed by atoms with van der Waals surface area (Å²) in [5.41, 5.74) is 1.72. The number of hydrogen-bond donors (Lipinski definition) is 1. The number of halogens is 2. The van der Waals surface area contributed by atoms with E-state index in [1.807, 2.05) is 13.0 Å². The lowest BCUT2D eigenvalue weighted by molar-refractivity contribution is 0.125. The Hall–Kier alpha value is -0.250. The van der Waals surface area contributed by atoms with Gasteiger partial charge in [0.05, 0.1) is 10.9 Å². The van der Waals surface area contributed by atoms with Crippen molar-refractivity contribution >= 4 is 27.5 Å². The van der Waals surface area contributed by atoms with E-state index >= 15 is 0 Å². The highest BCUT2D eigenvalue weighted by Gasteiger charge is 2.27. The van der Waals surface area contributed by atoms with Crippen LogP contribution in [0, 0.1) is 6.92 Å². The topological polar surface area (TPSA) is 29.5 Å². The molecule has 4 heteroatoms. The molecule has 0 saturated heterocycles. The summed E-state index contributed by atoms with van der Waals surface area (Å²) in [4.78, 5) is -0.0613. The van der Waals surface area contributed by atoms with Crippen molar-refractivity contribution in [3.8, 4) is 5.75 Å². The van der Waals surface area contributed by atoms with E-state index in [4.69, 9.17) is 16.3 Å². The van der Waals surface area contributed by atoms with Crippen LogP contribution in [0.2, 0.25) is 5.02 Å². The van der Waals surface area contributed by atoms with Crippen molar-refractivity contribution in [2.24, 2.45) is 0 Å². The Kier molecular flexibility index (Phi) is 2.73. The van der Waals surface area contributed by atoms with Gasteiger partial charge in [0.2, 0.25) is 0 Å². The summed E-state index contributed by atoms with van der Waals surface area (Å²) in [7, 11) is 0. The van der Waals surface area contributed by atoms with Gasteiger partial charge in [0.15, 0.2) is 0 Å². The fourth-order valence-corrected chi connectivity index (χ4v) is 2.07. The number of rotatable bonds is 0. The van der Waals surface area contributed by atoms with Crippen LogP contribution in [-0.2, 0) is 0 Å². The van der Waals surface area contributed by atoms with Gasteiger partial charge in [0.1, 0.15) is 12.4 Å². The maximum atomic E-state index is 9.86. The van der Waals surface area contributed by atoms with Crippen molar-refractivity contribution < 1.29 is 9.84 Å². The molecule has 1 aliphatic rings. The molecule has 1 aromatic rings. The van der Waals surface area contributed by atoms with Crippen LogP contribution >= 0.6 is 27.5 Å². The molecular weight excluding hydrogens is 267 g/mol. The Morgan fingerprint density at radius 3 is 3.00 bits per heavy atom. The quantitative estimate of drug-likeness (QED) is 0.739.